The molecule has 0 aliphatic heterocycles. The Bertz CT molecular complexity index is 340. The van der Waals surface area contributed by atoms with Crippen LogP contribution in [-0.2, 0) is 4.79 Å². The van der Waals surface area contributed by atoms with Gasteiger partial charge in [-0.05, 0) is 43.4 Å². The first kappa shape index (κ1) is 18.8. The van der Waals surface area contributed by atoms with Gasteiger partial charge in [-0.2, -0.15) is 0 Å². The van der Waals surface area contributed by atoms with Gasteiger partial charge in [0, 0.05) is 18.0 Å². The van der Waals surface area contributed by atoms with Crippen molar-refractivity contribution in [1.82, 2.24) is 5.32 Å². The lowest BCUT2D eigenvalue weighted by Crippen LogP contribution is -2.49. The highest BCUT2D eigenvalue weighted by Gasteiger charge is 2.36. The number of hydrogen-bond acceptors (Lipinski definition) is 2. The van der Waals surface area contributed by atoms with E-state index in [0.29, 0.717) is 12.0 Å². The van der Waals surface area contributed by atoms with Crippen LogP contribution in [0.25, 0.3) is 0 Å². The maximum Gasteiger partial charge on any atom is 0.223 e. The third-order valence-electron chi connectivity index (χ3n) is 5.29. The molecule has 1 amide bonds. The number of rotatable bonds is 2. The maximum absolute atomic E-state index is 12.5. The topological polar surface area (TPSA) is 55.1 Å². The van der Waals surface area contributed by atoms with Crippen LogP contribution in [-0.4, -0.2) is 18.0 Å². The van der Waals surface area contributed by atoms with Gasteiger partial charge in [0.2, 0.25) is 5.91 Å². The number of nitrogens with one attached hydrogen (secondary N) is 1. The molecule has 21 heavy (non-hydrogen) atoms. The lowest BCUT2D eigenvalue weighted by molar-refractivity contribution is -0.127. The zero-order valence-electron chi connectivity index (χ0n) is 13.9. The number of carbonyl (C=O) groups is 1. The molecule has 0 saturated heterocycles. The van der Waals surface area contributed by atoms with Crippen molar-refractivity contribution < 1.29 is 4.79 Å². The van der Waals surface area contributed by atoms with E-state index in [-0.39, 0.29) is 35.7 Å². The molecule has 0 spiro atoms. The number of nitrogens with two attached hydrogens (primary N) is 1. The average Bonchev–Trinajstić information content (AvgIpc) is 2.38. The number of amides is 1. The molecule has 2 aliphatic rings. The summed E-state index contributed by atoms with van der Waals surface area (Å²) in [7, 11) is 0. The highest BCUT2D eigenvalue weighted by molar-refractivity contribution is 5.85. The van der Waals surface area contributed by atoms with Gasteiger partial charge in [-0.15, -0.1) is 12.4 Å². The molecule has 2 fully saturated rings. The molecule has 4 atom stereocenters. The Morgan fingerprint density at radius 1 is 1.05 bits per heavy atom. The van der Waals surface area contributed by atoms with Gasteiger partial charge in [-0.3, -0.25) is 4.79 Å². The minimum Gasteiger partial charge on any atom is -0.353 e. The van der Waals surface area contributed by atoms with Crippen molar-refractivity contribution in [3.63, 3.8) is 0 Å². The van der Waals surface area contributed by atoms with Crippen LogP contribution < -0.4 is 11.1 Å². The second kappa shape index (κ2) is 7.82. The van der Waals surface area contributed by atoms with E-state index in [1.54, 1.807) is 0 Å². The Morgan fingerprint density at radius 2 is 1.71 bits per heavy atom. The highest BCUT2D eigenvalue weighted by Crippen LogP contribution is 2.38. The SMILES string of the molecule is CC(C)(C)C1CCCCC1NC(=O)C1CCCC(N)C1.Cl. The number of hydrogen-bond donors (Lipinski definition) is 2. The van der Waals surface area contributed by atoms with Crippen LogP contribution in [0, 0.1) is 17.3 Å². The molecule has 0 radical (unpaired) electrons. The fraction of sp³-hybridized carbons (Fsp3) is 0.941. The van der Waals surface area contributed by atoms with Crippen LogP contribution in [0.15, 0.2) is 0 Å². The summed E-state index contributed by atoms with van der Waals surface area (Å²) in [6.07, 6.45) is 9.03. The first-order chi connectivity index (χ1) is 9.38. The van der Waals surface area contributed by atoms with Gasteiger partial charge < -0.3 is 11.1 Å². The molecular formula is C17H33ClN2O. The molecule has 2 aliphatic carbocycles. The predicted molar refractivity (Wildman–Crippen MR) is 90.5 cm³/mol. The molecule has 3 N–H and O–H groups in total. The summed E-state index contributed by atoms with van der Waals surface area (Å²) in [5.41, 5.74) is 6.29. The van der Waals surface area contributed by atoms with Crippen molar-refractivity contribution in [3.05, 3.63) is 0 Å². The largest absolute Gasteiger partial charge is 0.353 e. The monoisotopic (exact) mass is 316 g/mol. The molecule has 3 nitrogen and oxygen atoms in total. The summed E-state index contributed by atoms with van der Waals surface area (Å²) in [4.78, 5) is 12.5. The van der Waals surface area contributed by atoms with E-state index in [9.17, 15) is 4.79 Å². The van der Waals surface area contributed by atoms with E-state index >= 15 is 0 Å². The summed E-state index contributed by atoms with van der Waals surface area (Å²) in [6.45, 7) is 6.91. The van der Waals surface area contributed by atoms with Crippen molar-refractivity contribution in [2.45, 2.75) is 84.2 Å². The van der Waals surface area contributed by atoms with Gasteiger partial charge in [0.15, 0.2) is 0 Å². The Kier molecular flexibility index (Phi) is 6.99. The van der Waals surface area contributed by atoms with Crippen LogP contribution in [0.5, 0.6) is 0 Å². The fourth-order valence-corrected chi connectivity index (χ4v) is 4.11. The summed E-state index contributed by atoms with van der Waals surface area (Å²) in [5, 5.41) is 3.37. The molecule has 4 heteroatoms. The van der Waals surface area contributed by atoms with Crippen LogP contribution in [0.2, 0.25) is 0 Å². The van der Waals surface area contributed by atoms with Gasteiger partial charge in [0.1, 0.15) is 0 Å². The standard InChI is InChI=1S/C17H32N2O.ClH/c1-17(2,3)14-9-4-5-10-15(14)19-16(20)12-7-6-8-13(18)11-12;/h12-15H,4-11,18H2,1-3H3,(H,19,20);1H. The third kappa shape index (κ3) is 5.14. The number of carbonyl (C=O) groups excluding carboxylic acids is 1. The normalized spacial score (nSPS) is 33.9. The smallest absolute Gasteiger partial charge is 0.223 e. The third-order valence-corrected chi connectivity index (χ3v) is 5.29. The zero-order valence-corrected chi connectivity index (χ0v) is 14.7. The van der Waals surface area contributed by atoms with Gasteiger partial charge in [0.05, 0.1) is 0 Å². The second-order valence-corrected chi connectivity index (χ2v) is 8.00. The zero-order chi connectivity index (χ0) is 14.8. The van der Waals surface area contributed by atoms with Crippen LogP contribution in [0.3, 0.4) is 0 Å². The summed E-state index contributed by atoms with van der Waals surface area (Å²) >= 11 is 0. The van der Waals surface area contributed by atoms with Crippen molar-refractivity contribution >= 4 is 18.3 Å². The summed E-state index contributed by atoms with van der Waals surface area (Å²) < 4.78 is 0. The van der Waals surface area contributed by atoms with Gasteiger partial charge in [-0.1, -0.05) is 40.0 Å². The first-order valence-corrected chi connectivity index (χ1v) is 8.44. The molecule has 2 rings (SSSR count). The van der Waals surface area contributed by atoms with E-state index in [1.165, 1.54) is 19.3 Å². The molecule has 124 valence electrons. The summed E-state index contributed by atoms with van der Waals surface area (Å²) in [5.74, 6) is 1.03. The first-order valence-electron chi connectivity index (χ1n) is 8.44. The highest BCUT2D eigenvalue weighted by atomic mass is 35.5. The van der Waals surface area contributed by atoms with Crippen LogP contribution in [0.4, 0.5) is 0 Å². The lowest BCUT2D eigenvalue weighted by Gasteiger charge is -2.41. The minimum absolute atomic E-state index is 0. The molecule has 0 aromatic carbocycles. The second-order valence-electron chi connectivity index (χ2n) is 8.00. The predicted octanol–water partition coefficient (Wildman–Crippen LogP) is 3.65. The Balaban J connectivity index is 0.00000220. The van der Waals surface area contributed by atoms with Gasteiger partial charge in [0.25, 0.3) is 0 Å². The van der Waals surface area contributed by atoms with Crippen LogP contribution in [0.1, 0.15) is 72.1 Å². The van der Waals surface area contributed by atoms with E-state index in [0.717, 1.165) is 32.1 Å². The molecule has 0 heterocycles. The molecule has 2 saturated carbocycles. The quantitative estimate of drug-likeness (QED) is 0.817. The molecular weight excluding hydrogens is 284 g/mol. The van der Waals surface area contributed by atoms with E-state index < -0.39 is 0 Å². The number of halogens is 1. The van der Waals surface area contributed by atoms with Crippen LogP contribution >= 0.6 is 12.4 Å². The lowest BCUT2D eigenvalue weighted by atomic mass is 9.69. The van der Waals surface area contributed by atoms with E-state index in [2.05, 4.69) is 26.1 Å². The van der Waals surface area contributed by atoms with E-state index in [1.807, 2.05) is 0 Å². The Labute approximate surface area is 136 Å². The van der Waals surface area contributed by atoms with Gasteiger partial charge in [-0.25, -0.2) is 0 Å². The summed E-state index contributed by atoms with van der Waals surface area (Å²) in [6, 6.07) is 0.596. The fourth-order valence-electron chi connectivity index (χ4n) is 4.11. The van der Waals surface area contributed by atoms with Crippen molar-refractivity contribution in [3.8, 4) is 0 Å². The molecule has 0 aromatic heterocycles. The van der Waals surface area contributed by atoms with Crippen molar-refractivity contribution in [1.29, 1.82) is 0 Å². The average molecular weight is 317 g/mol. The van der Waals surface area contributed by atoms with Crippen molar-refractivity contribution in [2.24, 2.45) is 23.0 Å². The Morgan fingerprint density at radius 3 is 2.33 bits per heavy atom. The Hall–Kier alpha value is -0.280. The van der Waals surface area contributed by atoms with Crippen molar-refractivity contribution in [2.75, 3.05) is 0 Å². The molecule has 0 bridgehead atoms. The van der Waals surface area contributed by atoms with E-state index in [4.69, 9.17) is 5.73 Å². The van der Waals surface area contributed by atoms with Gasteiger partial charge >= 0.3 is 0 Å². The molecule has 0 aromatic rings. The minimum atomic E-state index is 0. The maximum atomic E-state index is 12.5. The molecule has 4 unspecified atom stereocenters.